The van der Waals surface area contributed by atoms with Crippen LogP contribution in [0.15, 0.2) is 18.2 Å². The molecule has 0 bridgehead atoms. The van der Waals surface area contributed by atoms with E-state index in [-0.39, 0.29) is 0 Å². The zero-order valence-electron chi connectivity index (χ0n) is 14.1. The van der Waals surface area contributed by atoms with Gasteiger partial charge in [0.15, 0.2) is 11.6 Å². The summed E-state index contributed by atoms with van der Waals surface area (Å²) in [6.07, 6.45) is 1.62. The number of benzene rings is 2. The van der Waals surface area contributed by atoms with Gasteiger partial charge in [-0.2, -0.15) is 0 Å². The van der Waals surface area contributed by atoms with Gasteiger partial charge >= 0.3 is 0 Å². The summed E-state index contributed by atoms with van der Waals surface area (Å²) in [6.45, 7) is 5.37. The van der Waals surface area contributed by atoms with E-state index >= 15 is 0 Å². The predicted octanol–water partition coefficient (Wildman–Crippen LogP) is 5.23. The largest absolute Gasteiger partial charge is 0.388 e. The minimum Gasteiger partial charge on any atom is -0.388 e. The van der Waals surface area contributed by atoms with Crippen LogP contribution in [0.3, 0.4) is 0 Å². The van der Waals surface area contributed by atoms with Crippen LogP contribution in [0.4, 0.5) is 20.2 Å². The van der Waals surface area contributed by atoms with E-state index in [9.17, 15) is 8.78 Å². The molecule has 0 aromatic heterocycles. The molecule has 2 aromatic carbocycles. The lowest BCUT2D eigenvalue weighted by Crippen LogP contribution is -2.23. The Balaban J connectivity index is 2.03. The molecular formula is C19H21ClF2N2. The lowest BCUT2D eigenvalue weighted by Gasteiger charge is -2.27. The quantitative estimate of drug-likeness (QED) is 0.797. The second-order valence-electron chi connectivity index (χ2n) is 6.34. The molecule has 0 radical (unpaired) electrons. The van der Waals surface area contributed by atoms with Gasteiger partial charge in [0.1, 0.15) is 0 Å². The van der Waals surface area contributed by atoms with Crippen molar-refractivity contribution < 1.29 is 8.78 Å². The van der Waals surface area contributed by atoms with Gasteiger partial charge in [-0.3, -0.25) is 0 Å². The first-order valence-electron chi connectivity index (χ1n) is 8.11. The fourth-order valence-corrected chi connectivity index (χ4v) is 3.78. The van der Waals surface area contributed by atoms with Crippen LogP contribution in [-0.2, 0) is 13.0 Å². The molecule has 0 aliphatic carbocycles. The third-order valence-electron chi connectivity index (χ3n) is 4.75. The zero-order valence-corrected chi connectivity index (χ0v) is 14.9. The van der Waals surface area contributed by atoms with Gasteiger partial charge < -0.3 is 10.2 Å². The summed E-state index contributed by atoms with van der Waals surface area (Å²) in [4.78, 5) is 2.16. The van der Waals surface area contributed by atoms with Gasteiger partial charge in [0.25, 0.3) is 0 Å². The zero-order chi connectivity index (χ0) is 17.4. The fraction of sp³-hybridized carbons (Fsp3) is 0.368. The molecule has 1 aliphatic rings. The minimum atomic E-state index is -0.792. The van der Waals surface area contributed by atoms with Crippen LogP contribution in [0.25, 0.3) is 0 Å². The van der Waals surface area contributed by atoms with Crippen LogP contribution in [0.1, 0.15) is 28.7 Å². The Morgan fingerprint density at radius 3 is 2.42 bits per heavy atom. The van der Waals surface area contributed by atoms with E-state index < -0.39 is 11.6 Å². The Bertz CT molecular complexity index is 790. The van der Waals surface area contributed by atoms with Crippen LogP contribution >= 0.6 is 11.6 Å². The summed E-state index contributed by atoms with van der Waals surface area (Å²) in [6, 6.07) is 4.71. The number of halogens is 3. The molecule has 0 amide bonds. The normalized spacial score (nSPS) is 14.3. The highest BCUT2D eigenvalue weighted by Crippen LogP contribution is 2.38. The predicted molar refractivity (Wildman–Crippen MR) is 96.2 cm³/mol. The maximum atomic E-state index is 13.6. The van der Waals surface area contributed by atoms with Gasteiger partial charge in [-0.1, -0.05) is 11.6 Å². The Hall–Kier alpha value is -1.81. The Morgan fingerprint density at radius 1 is 1.08 bits per heavy atom. The number of aryl methyl sites for hydroxylation is 2. The summed E-state index contributed by atoms with van der Waals surface area (Å²) in [5.74, 6) is -1.56. The van der Waals surface area contributed by atoms with Crippen molar-refractivity contribution in [2.75, 3.05) is 23.8 Å². The summed E-state index contributed by atoms with van der Waals surface area (Å²) < 4.78 is 27.1. The molecule has 0 fully saturated rings. The van der Waals surface area contributed by atoms with Crippen molar-refractivity contribution in [3.05, 3.63) is 57.1 Å². The molecule has 1 aliphatic heterocycles. The van der Waals surface area contributed by atoms with Gasteiger partial charge in [-0.25, -0.2) is 8.78 Å². The lowest BCUT2D eigenvalue weighted by atomic mass is 10.0. The summed E-state index contributed by atoms with van der Waals surface area (Å²) in [5.41, 5.74) is 5.81. The first-order valence-corrected chi connectivity index (χ1v) is 8.49. The number of hydrogen-bond donors (Lipinski definition) is 1. The molecule has 0 unspecified atom stereocenters. The van der Waals surface area contributed by atoms with Crippen molar-refractivity contribution in [1.29, 1.82) is 0 Å². The first kappa shape index (κ1) is 17.0. The highest BCUT2D eigenvalue weighted by atomic mass is 35.5. The van der Waals surface area contributed by atoms with Gasteiger partial charge in [0.2, 0.25) is 0 Å². The first-order chi connectivity index (χ1) is 11.4. The van der Waals surface area contributed by atoms with Crippen LogP contribution in [-0.4, -0.2) is 13.6 Å². The van der Waals surface area contributed by atoms with Crippen molar-refractivity contribution in [2.24, 2.45) is 0 Å². The number of anilines is 2. The van der Waals surface area contributed by atoms with E-state index in [0.29, 0.717) is 11.6 Å². The highest BCUT2D eigenvalue weighted by Gasteiger charge is 2.21. The van der Waals surface area contributed by atoms with E-state index in [4.69, 9.17) is 11.6 Å². The van der Waals surface area contributed by atoms with E-state index in [1.54, 1.807) is 0 Å². The van der Waals surface area contributed by atoms with Crippen molar-refractivity contribution in [3.8, 4) is 0 Å². The van der Waals surface area contributed by atoms with E-state index in [2.05, 4.69) is 16.3 Å². The molecule has 2 aromatic rings. The maximum absolute atomic E-state index is 13.6. The smallest absolute Gasteiger partial charge is 0.159 e. The molecule has 24 heavy (non-hydrogen) atoms. The highest BCUT2D eigenvalue weighted by molar-refractivity contribution is 6.34. The van der Waals surface area contributed by atoms with Crippen LogP contribution in [0.2, 0.25) is 5.02 Å². The van der Waals surface area contributed by atoms with Crippen molar-refractivity contribution in [1.82, 2.24) is 0 Å². The van der Waals surface area contributed by atoms with Crippen molar-refractivity contribution in [3.63, 3.8) is 0 Å². The Labute approximate surface area is 146 Å². The Morgan fingerprint density at radius 2 is 1.75 bits per heavy atom. The van der Waals surface area contributed by atoms with E-state index in [1.807, 2.05) is 20.9 Å². The second kappa shape index (κ2) is 6.60. The topological polar surface area (TPSA) is 15.3 Å². The van der Waals surface area contributed by atoms with Gasteiger partial charge in [-0.15, -0.1) is 0 Å². The maximum Gasteiger partial charge on any atom is 0.159 e. The monoisotopic (exact) mass is 350 g/mol. The summed E-state index contributed by atoms with van der Waals surface area (Å²) >= 11 is 6.60. The number of fused-ring (bicyclic) bond motifs is 1. The SMILES string of the molecule is CNc1c(C)cc(N2CCCc3cc(F)c(F)cc3C2)c(Cl)c1C. The van der Waals surface area contributed by atoms with Gasteiger partial charge in [-0.05, 0) is 67.1 Å². The molecule has 0 atom stereocenters. The molecule has 128 valence electrons. The summed E-state index contributed by atoms with van der Waals surface area (Å²) in [7, 11) is 1.88. The summed E-state index contributed by atoms with van der Waals surface area (Å²) in [5, 5.41) is 3.89. The fourth-order valence-electron chi connectivity index (χ4n) is 3.51. The van der Waals surface area contributed by atoms with Crippen molar-refractivity contribution >= 4 is 23.0 Å². The van der Waals surface area contributed by atoms with Gasteiger partial charge in [0, 0.05) is 25.8 Å². The average Bonchev–Trinajstić information content (AvgIpc) is 2.74. The van der Waals surface area contributed by atoms with Crippen LogP contribution in [0, 0.1) is 25.5 Å². The molecule has 2 nitrogen and oxygen atoms in total. The number of nitrogens with zero attached hydrogens (tertiary/aromatic N) is 1. The molecule has 1 N–H and O–H groups in total. The molecular weight excluding hydrogens is 330 g/mol. The molecule has 0 saturated carbocycles. The number of hydrogen-bond acceptors (Lipinski definition) is 2. The minimum absolute atomic E-state index is 0.532. The van der Waals surface area contributed by atoms with Crippen LogP contribution in [0.5, 0.6) is 0 Å². The second-order valence-corrected chi connectivity index (χ2v) is 6.71. The third-order valence-corrected chi connectivity index (χ3v) is 5.22. The van der Waals surface area contributed by atoms with Gasteiger partial charge in [0.05, 0.1) is 10.7 Å². The molecule has 1 heterocycles. The Kier molecular flexibility index (Phi) is 4.68. The molecule has 3 rings (SSSR count). The number of rotatable bonds is 2. The van der Waals surface area contributed by atoms with Crippen LogP contribution < -0.4 is 10.2 Å². The molecule has 0 saturated heterocycles. The molecule has 5 heteroatoms. The van der Waals surface area contributed by atoms with Crippen molar-refractivity contribution in [2.45, 2.75) is 33.2 Å². The third kappa shape index (κ3) is 2.95. The molecule has 0 spiro atoms. The van der Waals surface area contributed by atoms with E-state index in [0.717, 1.165) is 53.0 Å². The van der Waals surface area contributed by atoms with E-state index in [1.165, 1.54) is 12.1 Å². The average molecular weight is 351 g/mol. The number of nitrogens with one attached hydrogen (secondary N) is 1. The standard InChI is InChI=1S/C19H21ClF2N2/c1-11-7-17(18(20)12(2)19(11)23-3)24-6-4-5-13-8-15(21)16(22)9-14(13)10-24/h7-9,23H,4-6,10H2,1-3H3. The lowest BCUT2D eigenvalue weighted by molar-refractivity contribution is 0.505.